The van der Waals surface area contributed by atoms with E-state index in [9.17, 15) is 4.79 Å². The second-order valence-electron chi connectivity index (χ2n) is 4.08. The highest BCUT2D eigenvalue weighted by molar-refractivity contribution is 5.96. The van der Waals surface area contributed by atoms with Gasteiger partial charge in [0.05, 0.1) is 12.6 Å². The van der Waals surface area contributed by atoms with Crippen molar-refractivity contribution in [3.05, 3.63) is 34.9 Å². The molecule has 0 heterocycles. The normalized spacial score (nSPS) is 12.2. The molecule has 0 aliphatic heterocycles. The summed E-state index contributed by atoms with van der Waals surface area (Å²) < 4.78 is 0. The van der Waals surface area contributed by atoms with E-state index in [1.807, 2.05) is 39.0 Å². The van der Waals surface area contributed by atoms with Gasteiger partial charge in [-0.15, -0.1) is 0 Å². The van der Waals surface area contributed by atoms with Crippen molar-refractivity contribution in [3.8, 4) is 0 Å². The van der Waals surface area contributed by atoms with Gasteiger partial charge in [0.2, 0.25) is 0 Å². The zero-order valence-electron chi connectivity index (χ0n) is 10.1. The lowest BCUT2D eigenvalue weighted by Gasteiger charge is -2.15. The summed E-state index contributed by atoms with van der Waals surface area (Å²) in [5.74, 6) is -0.109. The van der Waals surface area contributed by atoms with Crippen molar-refractivity contribution in [2.45, 2.75) is 33.2 Å². The van der Waals surface area contributed by atoms with Crippen LogP contribution in [0.5, 0.6) is 0 Å². The number of benzene rings is 1. The Bertz CT molecular complexity index is 370. The molecular weight excluding hydrogens is 202 g/mol. The van der Waals surface area contributed by atoms with Crippen LogP contribution in [0.4, 0.5) is 0 Å². The lowest BCUT2D eigenvalue weighted by Crippen LogP contribution is -2.37. The van der Waals surface area contributed by atoms with Crippen LogP contribution in [0.25, 0.3) is 0 Å². The van der Waals surface area contributed by atoms with Crippen molar-refractivity contribution in [1.82, 2.24) is 5.32 Å². The van der Waals surface area contributed by atoms with Gasteiger partial charge in [0.1, 0.15) is 0 Å². The number of rotatable bonds is 4. The molecule has 1 aromatic carbocycles. The van der Waals surface area contributed by atoms with Gasteiger partial charge >= 0.3 is 0 Å². The SMILES string of the molecule is CC[C@H](CO)NC(=O)c1cc(C)ccc1C. The van der Waals surface area contributed by atoms with Crippen LogP contribution < -0.4 is 5.32 Å². The third-order valence-corrected chi connectivity index (χ3v) is 2.69. The van der Waals surface area contributed by atoms with Gasteiger partial charge in [-0.05, 0) is 31.9 Å². The first kappa shape index (κ1) is 12.7. The average Bonchev–Trinajstić information content (AvgIpc) is 2.28. The monoisotopic (exact) mass is 221 g/mol. The van der Waals surface area contributed by atoms with E-state index in [1.165, 1.54) is 0 Å². The van der Waals surface area contributed by atoms with E-state index in [4.69, 9.17) is 5.11 Å². The fourth-order valence-electron chi connectivity index (χ4n) is 1.52. The van der Waals surface area contributed by atoms with E-state index >= 15 is 0 Å². The molecular formula is C13H19NO2. The van der Waals surface area contributed by atoms with Crippen LogP contribution in [0, 0.1) is 13.8 Å². The molecule has 3 heteroatoms. The van der Waals surface area contributed by atoms with Crippen LogP contribution in [-0.2, 0) is 0 Å². The van der Waals surface area contributed by atoms with Gasteiger partial charge in [-0.25, -0.2) is 0 Å². The number of aliphatic hydroxyl groups excluding tert-OH is 1. The Kier molecular flexibility index (Phi) is 4.50. The van der Waals surface area contributed by atoms with Gasteiger partial charge in [-0.2, -0.15) is 0 Å². The number of aryl methyl sites for hydroxylation is 2. The topological polar surface area (TPSA) is 49.3 Å². The van der Waals surface area contributed by atoms with Crippen molar-refractivity contribution >= 4 is 5.91 Å². The molecule has 88 valence electrons. The largest absolute Gasteiger partial charge is 0.394 e. The van der Waals surface area contributed by atoms with E-state index in [2.05, 4.69) is 5.32 Å². The number of aliphatic hydroxyl groups is 1. The molecule has 3 nitrogen and oxygen atoms in total. The zero-order chi connectivity index (χ0) is 12.1. The molecule has 0 spiro atoms. The molecule has 0 saturated heterocycles. The molecule has 0 aliphatic carbocycles. The molecule has 0 unspecified atom stereocenters. The number of amides is 1. The minimum Gasteiger partial charge on any atom is -0.394 e. The summed E-state index contributed by atoms with van der Waals surface area (Å²) in [4.78, 5) is 11.9. The fraction of sp³-hybridized carbons (Fsp3) is 0.462. The van der Waals surface area contributed by atoms with Crippen molar-refractivity contribution in [3.63, 3.8) is 0 Å². The summed E-state index contributed by atoms with van der Waals surface area (Å²) in [5.41, 5.74) is 2.70. The number of carbonyl (C=O) groups is 1. The number of carbonyl (C=O) groups excluding carboxylic acids is 1. The van der Waals surface area contributed by atoms with Gasteiger partial charge in [0, 0.05) is 5.56 Å². The summed E-state index contributed by atoms with van der Waals surface area (Å²) in [7, 11) is 0. The van der Waals surface area contributed by atoms with E-state index in [0.717, 1.165) is 17.5 Å². The Labute approximate surface area is 96.5 Å². The molecule has 0 saturated carbocycles. The van der Waals surface area contributed by atoms with Gasteiger partial charge in [-0.1, -0.05) is 24.6 Å². The van der Waals surface area contributed by atoms with Crippen molar-refractivity contribution in [2.75, 3.05) is 6.61 Å². The van der Waals surface area contributed by atoms with Crippen LogP contribution in [0.3, 0.4) is 0 Å². The number of hydrogen-bond donors (Lipinski definition) is 2. The lowest BCUT2D eigenvalue weighted by atomic mass is 10.0. The van der Waals surface area contributed by atoms with E-state index in [-0.39, 0.29) is 18.6 Å². The molecule has 0 radical (unpaired) electrons. The van der Waals surface area contributed by atoms with Crippen molar-refractivity contribution < 1.29 is 9.90 Å². The Morgan fingerprint density at radius 2 is 2.12 bits per heavy atom. The fourth-order valence-corrected chi connectivity index (χ4v) is 1.52. The molecule has 0 aliphatic rings. The van der Waals surface area contributed by atoms with Gasteiger partial charge in [-0.3, -0.25) is 4.79 Å². The molecule has 2 N–H and O–H groups in total. The maximum atomic E-state index is 11.9. The molecule has 1 rings (SSSR count). The molecule has 1 amide bonds. The van der Waals surface area contributed by atoms with E-state index in [1.54, 1.807) is 0 Å². The summed E-state index contributed by atoms with van der Waals surface area (Å²) >= 11 is 0. The second kappa shape index (κ2) is 5.66. The van der Waals surface area contributed by atoms with Crippen LogP contribution in [0.15, 0.2) is 18.2 Å². The van der Waals surface area contributed by atoms with Crippen molar-refractivity contribution in [2.24, 2.45) is 0 Å². The molecule has 1 atom stereocenters. The predicted molar refractivity (Wildman–Crippen MR) is 64.5 cm³/mol. The van der Waals surface area contributed by atoms with Crippen molar-refractivity contribution in [1.29, 1.82) is 0 Å². The Morgan fingerprint density at radius 3 is 2.69 bits per heavy atom. The molecule has 0 fully saturated rings. The summed E-state index contributed by atoms with van der Waals surface area (Å²) in [6, 6.07) is 5.63. The van der Waals surface area contributed by atoms with Crippen LogP contribution in [-0.4, -0.2) is 23.7 Å². The Balaban J connectivity index is 2.83. The highest BCUT2D eigenvalue weighted by atomic mass is 16.3. The van der Waals surface area contributed by atoms with Crippen LogP contribution in [0.1, 0.15) is 34.8 Å². The highest BCUT2D eigenvalue weighted by Gasteiger charge is 2.13. The maximum Gasteiger partial charge on any atom is 0.251 e. The standard InChI is InChI=1S/C13H19NO2/c1-4-11(8-15)14-13(16)12-7-9(2)5-6-10(12)3/h5-7,11,15H,4,8H2,1-3H3,(H,14,16)/t11-/m1/s1. The molecule has 1 aromatic rings. The molecule has 0 bridgehead atoms. The third-order valence-electron chi connectivity index (χ3n) is 2.69. The summed E-state index contributed by atoms with van der Waals surface area (Å²) in [6.07, 6.45) is 0.729. The number of nitrogens with one attached hydrogen (secondary N) is 1. The minimum absolute atomic E-state index is 0.0207. The van der Waals surface area contributed by atoms with Gasteiger partial charge < -0.3 is 10.4 Å². The van der Waals surface area contributed by atoms with Gasteiger partial charge in [0.25, 0.3) is 5.91 Å². The number of hydrogen-bond acceptors (Lipinski definition) is 2. The highest BCUT2D eigenvalue weighted by Crippen LogP contribution is 2.10. The second-order valence-corrected chi connectivity index (χ2v) is 4.08. The van der Waals surface area contributed by atoms with E-state index in [0.29, 0.717) is 5.56 Å². The van der Waals surface area contributed by atoms with E-state index < -0.39 is 0 Å². The molecule has 0 aromatic heterocycles. The van der Waals surface area contributed by atoms with Gasteiger partial charge in [0.15, 0.2) is 0 Å². The first-order valence-corrected chi connectivity index (χ1v) is 5.57. The van der Waals surface area contributed by atoms with Crippen LogP contribution in [0.2, 0.25) is 0 Å². The average molecular weight is 221 g/mol. The lowest BCUT2D eigenvalue weighted by molar-refractivity contribution is 0.0914. The maximum absolute atomic E-state index is 11.9. The summed E-state index contributed by atoms with van der Waals surface area (Å²) in [5, 5.41) is 11.8. The smallest absolute Gasteiger partial charge is 0.251 e. The van der Waals surface area contributed by atoms with Crippen LogP contribution >= 0.6 is 0 Å². The minimum atomic E-state index is -0.160. The first-order valence-electron chi connectivity index (χ1n) is 5.57. The Morgan fingerprint density at radius 1 is 1.44 bits per heavy atom. The summed E-state index contributed by atoms with van der Waals surface area (Å²) in [6.45, 7) is 5.78. The Hall–Kier alpha value is -1.35. The zero-order valence-corrected chi connectivity index (χ0v) is 10.1. The first-order chi connectivity index (χ1) is 7.58. The quantitative estimate of drug-likeness (QED) is 0.814. The predicted octanol–water partition coefficient (Wildman–Crippen LogP) is 1.80. The third kappa shape index (κ3) is 3.07. The molecule has 16 heavy (non-hydrogen) atoms.